The first kappa shape index (κ1) is 16.8. The molecule has 1 amide bonds. The molecule has 0 saturated carbocycles. The van der Waals surface area contributed by atoms with E-state index in [1.54, 1.807) is 24.4 Å². The molecular weight excluding hydrogens is 321 g/mol. The van der Waals surface area contributed by atoms with Crippen molar-refractivity contribution in [1.29, 1.82) is 0 Å². The lowest BCUT2D eigenvalue weighted by molar-refractivity contribution is 0.0750. The first-order chi connectivity index (χ1) is 12.0. The highest BCUT2D eigenvalue weighted by molar-refractivity contribution is 5.93. The number of aromatic nitrogens is 2. The summed E-state index contributed by atoms with van der Waals surface area (Å²) in [5.74, 6) is -0.774. The number of hydrogen-bond acceptors (Lipinski definition) is 3. The van der Waals surface area contributed by atoms with Crippen LogP contribution in [0.3, 0.4) is 0 Å². The van der Waals surface area contributed by atoms with Gasteiger partial charge in [0.15, 0.2) is 0 Å². The molecule has 0 saturated heterocycles. The number of fused-ring (bicyclic) bond motifs is 1. The van der Waals surface area contributed by atoms with Crippen molar-refractivity contribution in [3.05, 3.63) is 81.7 Å². The molecule has 0 aliphatic rings. The minimum atomic E-state index is -0.417. The maximum absolute atomic E-state index is 13.4. The zero-order valence-corrected chi connectivity index (χ0v) is 14.1. The molecule has 1 aromatic carbocycles. The number of aryl methyl sites for hydroxylation is 1. The third-order valence-electron chi connectivity index (χ3n) is 4.01. The van der Waals surface area contributed by atoms with Crippen molar-refractivity contribution in [3.63, 3.8) is 0 Å². The third kappa shape index (κ3) is 3.42. The molecule has 25 heavy (non-hydrogen) atoms. The Morgan fingerprint density at radius 2 is 2.08 bits per heavy atom. The van der Waals surface area contributed by atoms with Gasteiger partial charge >= 0.3 is 0 Å². The van der Waals surface area contributed by atoms with Gasteiger partial charge in [0.05, 0.1) is 0 Å². The number of nitrogens with zero attached hydrogens (tertiary/aromatic N) is 3. The topological polar surface area (TPSA) is 54.7 Å². The Morgan fingerprint density at radius 1 is 1.28 bits per heavy atom. The fraction of sp³-hybridized carbons (Fsp3) is 0.211. The number of rotatable bonds is 4. The van der Waals surface area contributed by atoms with Crippen LogP contribution < -0.4 is 5.56 Å². The molecule has 0 radical (unpaired) electrons. The Bertz CT molecular complexity index is 997. The normalized spacial score (nSPS) is 10.8. The third-order valence-corrected chi connectivity index (χ3v) is 4.01. The summed E-state index contributed by atoms with van der Waals surface area (Å²) in [6, 6.07) is 9.65. The van der Waals surface area contributed by atoms with Gasteiger partial charge in [-0.3, -0.25) is 14.0 Å². The standard InChI is InChI=1S/C19H18FN3O2/c1-3-22(12-14-5-4-6-15(20)9-14)18(24)16-10-21-17-8-7-13(2)11-23(17)19(16)25/h4-11H,3,12H2,1-2H3. The van der Waals surface area contributed by atoms with Gasteiger partial charge in [-0.15, -0.1) is 0 Å². The van der Waals surface area contributed by atoms with Crippen LogP contribution in [-0.2, 0) is 6.54 Å². The van der Waals surface area contributed by atoms with Gasteiger partial charge in [-0.2, -0.15) is 0 Å². The number of benzene rings is 1. The molecule has 3 aromatic rings. The van der Waals surface area contributed by atoms with Gasteiger partial charge in [0, 0.05) is 25.5 Å². The van der Waals surface area contributed by atoms with E-state index >= 15 is 0 Å². The van der Waals surface area contributed by atoms with Crippen molar-refractivity contribution in [1.82, 2.24) is 14.3 Å². The van der Waals surface area contributed by atoms with Crippen molar-refractivity contribution < 1.29 is 9.18 Å². The van der Waals surface area contributed by atoms with Crippen molar-refractivity contribution in [2.24, 2.45) is 0 Å². The van der Waals surface area contributed by atoms with Gasteiger partial charge < -0.3 is 4.90 Å². The van der Waals surface area contributed by atoms with E-state index in [9.17, 15) is 14.0 Å². The first-order valence-corrected chi connectivity index (χ1v) is 8.01. The number of carbonyl (C=O) groups excluding carboxylic acids is 1. The number of halogens is 1. The summed E-state index contributed by atoms with van der Waals surface area (Å²) >= 11 is 0. The molecule has 0 N–H and O–H groups in total. The molecule has 0 fully saturated rings. The Hall–Kier alpha value is -3.02. The van der Waals surface area contributed by atoms with Gasteiger partial charge in [0.2, 0.25) is 0 Å². The van der Waals surface area contributed by atoms with E-state index in [1.165, 1.54) is 27.6 Å². The fourth-order valence-corrected chi connectivity index (χ4v) is 2.68. The molecule has 6 heteroatoms. The Balaban J connectivity index is 1.97. The lowest BCUT2D eigenvalue weighted by Gasteiger charge is -2.21. The number of pyridine rings is 1. The lowest BCUT2D eigenvalue weighted by atomic mass is 10.2. The van der Waals surface area contributed by atoms with Crippen LogP contribution in [0.4, 0.5) is 4.39 Å². The molecule has 128 valence electrons. The van der Waals surface area contributed by atoms with Gasteiger partial charge in [0.25, 0.3) is 11.5 Å². The first-order valence-electron chi connectivity index (χ1n) is 8.01. The highest BCUT2D eigenvalue weighted by atomic mass is 19.1. The van der Waals surface area contributed by atoms with E-state index < -0.39 is 11.5 Å². The second-order valence-electron chi connectivity index (χ2n) is 5.86. The molecule has 5 nitrogen and oxygen atoms in total. The molecule has 0 aliphatic carbocycles. The predicted octanol–water partition coefficient (Wildman–Crippen LogP) is 2.80. The highest BCUT2D eigenvalue weighted by Gasteiger charge is 2.19. The molecule has 0 unspecified atom stereocenters. The minimum Gasteiger partial charge on any atom is -0.334 e. The summed E-state index contributed by atoms with van der Waals surface area (Å²) in [5, 5.41) is 0. The summed E-state index contributed by atoms with van der Waals surface area (Å²) in [5.41, 5.74) is 1.64. The molecule has 0 bridgehead atoms. The fourth-order valence-electron chi connectivity index (χ4n) is 2.68. The summed E-state index contributed by atoms with van der Waals surface area (Å²) in [4.78, 5) is 31.2. The monoisotopic (exact) mass is 339 g/mol. The van der Waals surface area contributed by atoms with E-state index in [0.29, 0.717) is 17.8 Å². The van der Waals surface area contributed by atoms with Crippen molar-refractivity contribution in [2.45, 2.75) is 20.4 Å². The van der Waals surface area contributed by atoms with Crippen molar-refractivity contribution in [2.75, 3.05) is 6.54 Å². The Kier molecular flexibility index (Phi) is 4.61. The molecule has 2 aromatic heterocycles. The Labute approximate surface area is 144 Å². The quantitative estimate of drug-likeness (QED) is 0.734. The maximum Gasteiger partial charge on any atom is 0.270 e. The predicted molar refractivity (Wildman–Crippen MR) is 93.0 cm³/mol. The average Bonchev–Trinajstić information content (AvgIpc) is 2.60. The summed E-state index contributed by atoms with van der Waals surface area (Å²) in [6.07, 6.45) is 2.97. The Morgan fingerprint density at radius 3 is 2.80 bits per heavy atom. The molecule has 2 heterocycles. The lowest BCUT2D eigenvalue weighted by Crippen LogP contribution is -2.35. The van der Waals surface area contributed by atoms with Gasteiger partial charge in [-0.1, -0.05) is 18.2 Å². The van der Waals surface area contributed by atoms with E-state index in [-0.39, 0.29) is 17.9 Å². The van der Waals surface area contributed by atoms with Crippen LogP contribution in [0.2, 0.25) is 0 Å². The number of hydrogen-bond donors (Lipinski definition) is 0. The molecule has 3 rings (SSSR count). The highest BCUT2D eigenvalue weighted by Crippen LogP contribution is 2.10. The van der Waals surface area contributed by atoms with Crippen LogP contribution >= 0.6 is 0 Å². The van der Waals surface area contributed by atoms with Crippen LogP contribution in [0.25, 0.3) is 5.65 Å². The zero-order valence-electron chi connectivity index (χ0n) is 14.1. The molecule has 0 atom stereocenters. The average molecular weight is 339 g/mol. The van der Waals surface area contributed by atoms with Crippen LogP contribution in [0.1, 0.15) is 28.4 Å². The second kappa shape index (κ2) is 6.84. The molecule has 0 aliphatic heterocycles. The molecule has 0 spiro atoms. The van der Waals surface area contributed by atoms with Gasteiger partial charge in [-0.25, -0.2) is 9.37 Å². The smallest absolute Gasteiger partial charge is 0.270 e. The van der Waals surface area contributed by atoms with Crippen LogP contribution in [0, 0.1) is 12.7 Å². The summed E-state index contributed by atoms with van der Waals surface area (Å²) < 4.78 is 14.7. The number of amides is 1. The van der Waals surface area contributed by atoms with Crippen LogP contribution in [0.15, 0.2) is 53.6 Å². The van der Waals surface area contributed by atoms with E-state index in [4.69, 9.17) is 0 Å². The SMILES string of the molecule is CCN(Cc1cccc(F)c1)C(=O)c1cnc2ccc(C)cn2c1=O. The summed E-state index contributed by atoms with van der Waals surface area (Å²) in [6.45, 7) is 4.30. The zero-order chi connectivity index (χ0) is 18.0. The van der Waals surface area contributed by atoms with E-state index in [2.05, 4.69) is 4.98 Å². The van der Waals surface area contributed by atoms with Crippen LogP contribution in [0.5, 0.6) is 0 Å². The largest absolute Gasteiger partial charge is 0.334 e. The maximum atomic E-state index is 13.4. The molecular formula is C19H18FN3O2. The van der Waals surface area contributed by atoms with Crippen molar-refractivity contribution in [3.8, 4) is 0 Å². The summed E-state index contributed by atoms with van der Waals surface area (Å²) in [7, 11) is 0. The van der Waals surface area contributed by atoms with E-state index in [0.717, 1.165) is 5.56 Å². The number of carbonyl (C=O) groups is 1. The van der Waals surface area contributed by atoms with E-state index in [1.807, 2.05) is 19.9 Å². The second-order valence-corrected chi connectivity index (χ2v) is 5.86. The van der Waals surface area contributed by atoms with Crippen molar-refractivity contribution >= 4 is 11.6 Å². The van der Waals surface area contributed by atoms with Gasteiger partial charge in [-0.05, 0) is 43.2 Å². The van der Waals surface area contributed by atoms with Crippen LogP contribution in [-0.4, -0.2) is 26.7 Å². The van der Waals surface area contributed by atoms with Gasteiger partial charge in [0.1, 0.15) is 17.0 Å². The minimum absolute atomic E-state index is 0.00125.